The molecule has 1 aromatic heterocycles. The molecule has 7 nitrogen and oxygen atoms in total. The Balaban J connectivity index is 1.75. The minimum atomic E-state index is -4.59. The molecule has 1 aliphatic rings. The van der Waals surface area contributed by atoms with E-state index in [1.807, 2.05) is 0 Å². The summed E-state index contributed by atoms with van der Waals surface area (Å²) in [7, 11) is 0. The van der Waals surface area contributed by atoms with Gasteiger partial charge in [-0.05, 0) is 6.54 Å². The summed E-state index contributed by atoms with van der Waals surface area (Å²) in [6, 6.07) is 0. The molecule has 1 N–H and O–H groups in total. The molecule has 1 saturated heterocycles. The number of carbonyl (C=O) groups is 2. The molecule has 1 fully saturated rings. The normalized spacial score (nSPS) is 16.2. The molecule has 0 radical (unpaired) electrons. The average molecular weight is 365 g/mol. The second-order valence-electron chi connectivity index (χ2n) is 5.27. The van der Waals surface area contributed by atoms with E-state index < -0.39 is 17.1 Å². The van der Waals surface area contributed by atoms with E-state index >= 15 is 0 Å². The van der Waals surface area contributed by atoms with E-state index in [9.17, 15) is 22.8 Å². The summed E-state index contributed by atoms with van der Waals surface area (Å²) in [6.45, 7) is 5.85. The highest BCUT2D eigenvalue weighted by molar-refractivity contribution is 7.15. The Morgan fingerprint density at radius 3 is 2.38 bits per heavy atom. The number of alkyl halides is 3. The van der Waals surface area contributed by atoms with E-state index in [1.54, 1.807) is 4.90 Å². The standard InChI is InChI=1S/C13H18F3N5O2S/c1-2-20-5-7-21(8-6-20)10(23)4-3-9(22)17-12-19-18-11(24-12)13(14,15)16/h2-8H2,1H3,(H,17,19,22). The number of hydrogen-bond acceptors (Lipinski definition) is 6. The number of amides is 2. The van der Waals surface area contributed by atoms with Gasteiger partial charge in [-0.2, -0.15) is 13.2 Å². The van der Waals surface area contributed by atoms with Gasteiger partial charge in [0, 0.05) is 39.0 Å². The second kappa shape index (κ2) is 7.88. The number of likely N-dealkylation sites (N-methyl/N-ethyl adjacent to an activating group) is 1. The Morgan fingerprint density at radius 1 is 1.17 bits per heavy atom. The van der Waals surface area contributed by atoms with Crippen molar-refractivity contribution in [2.24, 2.45) is 0 Å². The van der Waals surface area contributed by atoms with Crippen LogP contribution < -0.4 is 5.32 Å². The molecule has 24 heavy (non-hydrogen) atoms. The lowest BCUT2D eigenvalue weighted by Gasteiger charge is -2.34. The molecule has 11 heteroatoms. The number of halogens is 3. The zero-order valence-electron chi connectivity index (χ0n) is 13.1. The Morgan fingerprint density at radius 2 is 1.83 bits per heavy atom. The largest absolute Gasteiger partial charge is 0.445 e. The van der Waals surface area contributed by atoms with E-state index in [-0.39, 0.29) is 35.2 Å². The van der Waals surface area contributed by atoms with Gasteiger partial charge in [-0.1, -0.05) is 18.3 Å². The highest BCUT2D eigenvalue weighted by Gasteiger charge is 2.35. The van der Waals surface area contributed by atoms with Crippen molar-refractivity contribution in [2.75, 3.05) is 38.0 Å². The minimum absolute atomic E-state index is 0.0168. The lowest BCUT2D eigenvalue weighted by Crippen LogP contribution is -2.48. The highest BCUT2D eigenvalue weighted by atomic mass is 32.1. The lowest BCUT2D eigenvalue weighted by atomic mass is 10.2. The molecule has 0 bridgehead atoms. The van der Waals surface area contributed by atoms with E-state index in [0.29, 0.717) is 13.1 Å². The summed E-state index contributed by atoms with van der Waals surface area (Å²) in [5, 5.41) is 7.13. The third kappa shape index (κ3) is 5.13. The number of nitrogens with one attached hydrogen (secondary N) is 1. The summed E-state index contributed by atoms with van der Waals surface area (Å²) < 4.78 is 37.2. The van der Waals surface area contributed by atoms with Gasteiger partial charge in [-0.3, -0.25) is 9.59 Å². The molecule has 2 amide bonds. The number of carbonyl (C=O) groups excluding carboxylic acids is 2. The maximum absolute atomic E-state index is 12.4. The molecular weight excluding hydrogens is 347 g/mol. The van der Waals surface area contributed by atoms with Gasteiger partial charge in [0.25, 0.3) is 0 Å². The number of anilines is 1. The molecule has 0 atom stereocenters. The molecule has 1 aromatic rings. The lowest BCUT2D eigenvalue weighted by molar-refractivity contribution is -0.138. The van der Waals surface area contributed by atoms with Crippen molar-refractivity contribution in [1.82, 2.24) is 20.0 Å². The summed E-state index contributed by atoms with van der Waals surface area (Å²) in [4.78, 5) is 27.7. The summed E-state index contributed by atoms with van der Waals surface area (Å²) in [6.07, 6.45) is -4.67. The van der Waals surface area contributed by atoms with Crippen LogP contribution >= 0.6 is 11.3 Å². The van der Waals surface area contributed by atoms with Crippen LogP contribution in [0, 0.1) is 0 Å². The molecule has 0 unspecified atom stereocenters. The first-order valence-corrected chi connectivity index (χ1v) is 8.32. The number of piperazine rings is 1. The van der Waals surface area contributed by atoms with Gasteiger partial charge in [0.2, 0.25) is 22.0 Å². The van der Waals surface area contributed by atoms with E-state index in [4.69, 9.17) is 0 Å². The van der Waals surface area contributed by atoms with Crippen LogP contribution in [0.3, 0.4) is 0 Å². The molecule has 134 valence electrons. The quantitative estimate of drug-likeness (QED) is 0.854. The SMILES string of the molecule is CCN1CCN(C(=O)CCC(=O)Nc2nnc(C(F)(F)F)s2)CC1. The summed E-state index contributed by atoms with van der Waals surface area (Å²) in [5.74, 6) is -0.686. The van der Waals surface area contributed by atoms with Gasteiger partial charge in [0.15, 0.2) is 0 Å². The smallest absolute Gasteiger partial charge is 0.340 e. The van der Waals surface area contributed by atoms with Gasteiger partial charge in [0.05, 0.1) is 0 Å². The maximum atomic E-state index is 12.4. The monoisotopic (exact) mass is 365 g/mol. The number of nitrogens with zero attached hydrogens (tertiary/aromatic N) is 4. The van der Waals surface area contributed by atoms with Crippen LogP contribution in [0.25, 0.3) is 0 Å². The predicted octanol–water partition coefficient (Wildman–Crippen LogP) is 1.44. The molecule has 0 aliphatic carbocycles. The van der Waals surface area contributed by atoms with Crippen LogP contribution in [-0.4, -0.2) is 64.5 Å². The predicted molar refractivity (Wildman–Crippen MR) is 81.5 cm³/mol. The van der Waals surface area contributed by atoms with Crippen molar-refractivity contribution in [3.63, 3.8) is 0 Å². The topological polar surface area (TPSA) is 78.4 Å². The number of aromatic nitrogens is 2. The van der Waals surface area contributed by atoms with Gasteiger partial charge in [0.1, 0.15) is 0 Å². The van der Waals surface area contributed by atoms with Crippen LogP contribution in [0.5, 0.6) is 0 Å². The first-order valence-electron chi connectivity index (χ1n) is 7.50. The van der Waals surface area contributed by atoms with Gasteiger partial charge < -0.3 is 15.1 Å². The molecular formula is C13H18F3N5O2S. The average Bonchev–Trinajstić information content (AvgIpc) is 3.01. The van der Waals surface area contributed by atoms with Gasteiger partial charge in [-0.25, -0.2) is 0 Å². The maximum Gasteiger partial charge on any atom is 0.445 e. The van der Waals surface area contributed by atoms with Crippen molar-refractivity contribution in [3.05, 3.63) is 5.01 Å². The van der Waals surface area contributed by atoms with E-state index in [1.165, 1.54) is 0 Å². The van der Waals surface area contributed by atoms with Crippen molar-refractivity contribution in [3.8, 4) is 0 Å². The fourth-order valence-corrected chi connectivity index (χ4v) is 2.89. The van der Waals surface area contributed by atoms with E-state index in [2.05, 4.69) is 27.3 Å². The fourth-order valence-electron chi connectivity index (χ4n) is 2.26. The zero-order valence-corrected chi connectivity index (χ0v) is 13.9. The van der Waals surface area contributed by atoms with Crippen LogP contribution in [0.15, 0.2) is 0 Å². The Labute approximate surface area is 140 Å². The minimum Gasteiger partial charge on any atom is -0.340 e. The first-order chi connectivity index (χ1) is 11.3. The summed E-state index contributed by atoms with van der Waals surface area (Å²) in [5.41, 5.74) is 0. The number of rotatable bonds is 5. The molecule has 1 aliphatic heterocycles. The third-order valence-electron chi connectivity index (χ3n) is 3.65. The molecule has 0 saturated carbocycles. The molecule has 0 aromatic carbocycles. The van der Waals surface area contributed by atoms with Crippen LogP contribution in [0.4, 0.5) is 18.3 Å². The first kappa shape index (κ1) is 18.6. The van der Waals surface area contributed by atoms with Gasteiger partial charge >= 0.3 is 6.18 Å². The van der Waals surface area contributed by atoms with Crippen LogP contribution in [0.1, 0.15) is 24.8 Å². The molecule has 0 spiro atoms. The second-order valence-corrected chi connectivity index (χ2v) is 6.25. The van der Waals surface area contributed by atoms with Crippen molar-refractivity contribution < 1.29 is 22.8 Å². The molecule has 2 rings (SSSR count). The van der Waals surface area contributed by atoms with Gasteiger partial charge in [-0.15, -0.1) is 10.2 Å². The fraction of sp³-hybridized carbons (Fsp3) is 0.692. The van der Waals surface area contributed by atoms with Crippen LogP contribution in [-0.2, 0) is 15.8 Å². The van der Waals surface area contributed by atoms with Crippen LogP contribution in [0.2, 0.25) is 0 Å². The highest BCUT2D eigenvalue weighted by Crippen LogP contribution is 2.32. The Hall–Kier alpha value is -1.75. The third-order valence-corrected chi connectivity index (χ3v) is 4.54. The van der Waals surface area contributed by atoms with Crippen molar-refractivity contribution >= 4 is 28.3 Å². The Bertz CT molecular complexity index is 584. The van der Waals surface area contributed by atoms with Crippen molar-refractivity contribution in [1.29, 1.82) is 0 Å². The Kier molecular flexibility index (Phi) is 6.10. The molecule has 2 heterocycles. The number of hydrogen-bond donors (Lipinski definition) is 1. The zero-order chi connectivity index (χ0) is 17.7. The summed E-state index contributed by atoms with van der Waals surface area (Å²) >= 11 is 0.253. The van der Waals surface area contributed by atoms with Crippen molar-refractivity contribution in [2.45, 2.75) is 25.9 Å². The van der Waals surface area contributed by atoms with E-state index in [0.717, 1.165) is 19.6 Å².